The third-order valence-corrected chi connectivity index (χ3v) is 3.60. The summed E-state index contributed by atoms with van der Waals surface area (Å²) in [5.74, 6) is 0. The molecular weight excluding hydrogens is 290 g/mol. The lowest BCUT2D eigenvalue weighted by molar-refractivity contribution is 0.483. The second kappa shape index (κ2) is 6.57. The molecule has 0 aliphatic rings. The van der Waals surface area contributed by atoms with Crippen molar-refractivity contribution in [3.63, 3.8) is 0 Å². The van der Waals surface area contributed by atoms with Crippen molar-refractivity contribution < 1.29 is 13.0 Å². The first kappa shape index (κ1) is 15.3. The van der Waals surface area contributed by atoms with E-state index in [0.717, 1.165) is 12.1 Å². The molecule has 2 aromatic carbocycles. The third-order valence-electron chi connectivity index (χ3n) is 2.73. The van der Waals surface area contributed by atoms with Gasteiger partial charge in [0, 0.05) is 6.54 Å². The highest BCUT2D eigenvalue weighted by atomic mass is 32.2. The monoisotopic (exact) mass is 305 g/mol. The predicted octanol–water partition coefficient (Wildman–Crippen LogP) is 3.07. The number of nitrogens with one attached hydrogen (secondary N) is 1. The van der Waals surface area contributed by atoms with Gasteiger partial charge in [0.1, 0.15) is 0 Å². The molecule has 0 saturated heterocycles. The minimum atomic E-state index is -4.18. The number of azo groups is 1. The molecule has 0 aliphatic carbocycles. The van der Waals surface area contributed by atoms with Crippen LogP contribution in [0.4, 0.5) is 11.4 Å². The summed E-state index contributed by atoms with van der Waals surface area (Å²) in [6.45, 7) is 0.786. The van der Waals surface area contributed by atoms with Gasteiger partial charge >= 0.3 is 0 Å². The van der Waals surface area contributed by atoms with Gasteiger partial charge in [-0.25, -0.2) is 0 Å². The molecule has 0 atom stereocenters. The Morgan fingerprint density at radius 2 is 1.43 bits per heavy atom. The van der Waals surface area contributed by atoms with Crippen LogP contribution in [0.1, 0.15) is 5.56 Å². The van der Waals surface area contributed by atoms with Gasteiger partial charge in [-0.15, -0.1) is 0 Å². The largest absolute Gasteiger partial charge is 0.316 e. The Labute approximate surface area is 123 Å². The summed E-state index contributed by atoms with van der Waals surface area (Å²) < 4.78 is 30.7. The number of nitrogens with zero attached hydrogens (tertiary/aromatic N) is 2. The first-order valence-corrected chi connectivity index (χ1v) is 7.66. The average Bonchev–Trinajstić information content (AvgIpc) is 2.46. The summed E-state index contributed by atoms with van der Waals surface area (Å²) >= 11 is 0. The van der Waals surface area contributed by atoms with Crippen LogP contribution in [0.15, 0.2) is 63.7 Å². The minimum Gasteiger partial charge on any atom is -0.316 e. The smallest absolute Gasteiger partial charge is 0.294 e. The van der Waals surface area contributed by atoms with Gasteiger partial charge < -0.3 is 5.32 Å². The first-order valence-electron chi connectivity index (χ1n) is 6.22. The number of rotatable bonds is 5. The predicted molar refractivity (Wildman–Crippen MR) is 79.6 cm³/mol. The first-order chi connectivity index (χ1) is 9.99. The van der Waals surface area contributed by atoms with Crippen LogP contribution >= 0.6 is 0 Å². The van der Waals surface area contributed by atoms with Gasteiger partial charge in [0.2, 0.25) is 0 Å². The van der Waals surface area contributed by atoms with E-state index in [9.17, 15) is 8.42 Å². The minimum absolute atomic E-state index is 0.169. The molecule has 0 spiro atoms. The van der Waals surface area contributed by atoms with Crippen molar-refractivity contribution in [2.45, 2.75) is 11.4 Å². The Morgan fingerprint density at radius 1 is 0.952 bits per heavy atom. The second-order valence-electron chi connectivity index (χ2n) is 4.37. The van der Waals surface area contributed by atoms with Crippen LogP contribution in [-0.2, 0) is 16.7 Å². The molecule has 110 valence electrons. The molecule has 2 aromatic rings. The van der Waals surface area contributed by atoms with E-state index in [0.29, 0.717) is 11.4 Å². The summed E-state index contributed by atoms with van der Waals surface area (Å²) in [6.07, 6.45) is 0. The summed E-state index contributed by atoms with van der Waals surface area (Å²) in [5, 5.41) is 11.1. The highest BCUT2D eigenvalue weighted by Crippen LogP contribution is 2.20. The highest BCUT2D eigenvalue weighted by Gasteiger charge is 2.07. The normalized spacial score (nSPS) is 11.9. The Morgan fingerprint density at radius 3 is 1.86 bits per heavy atom. The fourth-order valence-electron chi connectivity index (χ4n) is 1.68. The lowest BCUT2D eigenvalue weighted by Crippen LogP contribution is -2.04. The molecular formula is C14H15N3O3S. The summed E-state index contributed by atoms with van der Waals surface area (Å²) in [6, 6.07) is 13.1. The Bertz CT molecular complexity index is 723. The Kier molecular flexibility index (Phi) is 4.79. The molecule has 0 aromatic heterocycles. The third kappa shape index (κ3) is 4.45. The van der Waals surface area contributed by atoms with E-state index in [1.54, 1.807) is 0 Å². The van der Waals surface area contributed by atoms with Crippen LogP contribution in [0.3, 0.4) is 0 Å². The molecule has 2 rings (SSSR count). The van der Waals surface area contributed by atoms with Gasteiger partial charge in [-0.3, -0.25) is 4.55 Å². The van der Waals surface area contributed by atoms with Crippen molar-refractivity contribution >= 4 is 21.5 Å². The molecule has 0 fully saturated rings. The van der Waals surface area contributed by atoms with Crippen molar-refractivity contribution in [1.82, 2.24) is 5.32 Å². The maximum Gasteiger partial charge on any atom is 0.294 e. The number of benzene rings is 2. The van der Waals surface area contributed by atoms with Crippen LogP contribution in [0.5, 0.6) is 0 Å². The fraction of sp³-hybridized carbons (Fsp3) is 0.143. The van der Waals surface area contributed by atoms with E-state index < -0.39 is 10.1 Å². The van der Waals surface area contributed by atoms with Crippen LogP contribution in [0, 0.1) is 0 Å². The van der Waals surface area contributed by atoms with Crippen molar-refractivity contribution in [1.29, 1.82) is 0 Å². The van der Waals surface area contributed by atoms with Crippen molar-refractivity contribution in [3.05, 3.63) is 54.1 Å². The molecule has 2 N–H and O–H groups in total. The molecule has 0 radical (unpaired) electrons. The highest BCUT2D eigenvalue weighted by molar-refractivity contribution is 7.85. The van der Waals surface area contributed by atoms with Gasteiger partial charge in [-0.2, -0.15) is 18.6 Å². The van der Waals surface area contributed by atoms with Crippen molar-refractivity contribution in [2.75, 3.05) is 7.05 Å². The second-order valence-corrected chi connectivity index (χ2v) is 5.79. The van der Waals surface area contributed by atoms with E-state index in [-0.39, 0.29) is 4.90 Å². The van der Waals surface area contributed by atoms with Gasteiger partial charge in [-0.1, -0.05) is 12.1 Å². The molecule has 7 heteroatoms. The zero-order chi connectivity index (χ0) is 15.3. The molecule has 0 saturated carbocycles. The van der Waals surface area contributed by atoms with E-state index in [4.69, 9.17) is 4.55 Å². The molecule has 0 unspecified atom stereocenters. The Hall–Kier alpha value is -2.09. The topological polar surface area (TPSA) is 91.1 Å². The van der Waals surface area contributed by atoms with Crippen LogP contribution < -0.4 is 5.32 Å². The number of hydrogen-bond acceptors (Lipinski definition) is 5. The van der Waals surface area contributed by atoms with Gasteiger partial charge in [0.15, 0.2) is 0 Å². The summed E-state index contributed by atoms with van der Waals surface area (Å²) in [5.41, 5.74) is 2.35. The standard InChI is InChI=1S/C14H15N3O3S/c1-15-10-11-2-4-12(5-3-11)16-17-13-6-8-14(9-7-13)21(18,19)20/h2-9,15H,10H2,1H3,(H,18,19,20). The average molecular weight is 305 g/mol. The van der Waals surface area contributed by atoms with Gasteiger partial charge in [-0.05, 0) is 49.0 Å². The quantitative estimate of drug-likeness (QED) is 0.656. The number of hydrogen-bond donors (Lipinski definition) is 2. The SMILES string of the molecule is CNCc1ccc(N=Nc2ccc(S(=O)(=O)O)cc2)cc1. The van der Waals surface area contributed by atoms with Crippen molar-refractivity contribution in [2.24, 2.45) is 10.2 Å². The molecule has 0 heterocycles. The summed E-state index contributed by atoms with van der Waals surface area (Å²) in [7, 11) is -2.30. The zero-order valence-electron chi connectivity index (χ0n) is 11.4. The lowest BCUT2D eigenvalue weighted by Gasteiger charge is -1.99. The van der Waals surface area contributed by atoms with Crippen molar-refractivity contribution in [3.8, 4) is 0 Å². The summed E-state index contributed by atoms with van der Waals surface area (Å²) in [4.78, 5) is -0.169. The van der Waals surface area contributed by atoms with Crippen LogP contribution in [0.2, 0.25) is 0 Å². The maximum atomic E-state index is 10.9. The van der Waals surface area contributed by atoms with Crippen LogP contribution in [-0.4, -0.2) is 20.0 Å². The lowest BCUT2D eigenvalue weighted by atomic mass is 10.2. The van der Waals surface area contributed by atoms with Gasteiger partial charge in [0.05, 0.1) is 16.3 Å². The fourth-order valence-corrected chi connectivity index (χ4v) is 2.16. The zero-order valence-corrected chi connectivity index (χ0v) is 12.2. The van der Waals surface area contributed by atoms with Gasteiger partial charge in [0.25, 0.3) is 10.1 Å². The molecule has 21 heavy (non-hydrogen) atoms. The van der Waals surface area contributed by atoms with E-state index in [1.165, 1.54) is 24.3 Å². The van der Waals surface area contributed by atoms with E-state index in [1.807, 2.05) is 31.3 Å². The Balaban J connectivity index is 2.10. The molecule has 6 nitrogen and oxygen atoms in total. The maximum absolute atomic E-state index is 10.9. The molecule has 0 aliphatic heterocycles. The van der Waals surface area contributed by atoms with Crippen LogP contribution in [0.25, 0.3) is 0 Å². The van der Waals surface area contributed by atoms with E-state index >= 15 is 0 Å². The molecule has 0 amide bonds. The van der Waals surface area contributed by atoms with E-state index in [2.05, 4.69) is 15.5 Å². The molecule has 0 bridgehead atoms.